The van der Waals surface area contributed by atoms with Crippen LogP contribution in [0.4, 0.5) is 4.39 Å². The molecule has 1 aromatic heterocycles. The van der Waals surface area contributed by atoms with Gasteiger partial charge in [0.05, 0.1) is 0 Å². The van der Waals surface area contributed by atoms with Gasteiger partial charge in [-0.2, -0.15) is 4.31 Å². The van der Waals surface area contributed by atoms with Gasteiger partial charge in [-0.25, -0.2) is 17.8 Å². The van der Waals surface area contributed by atoms with Gasteiger partial charge in [0.15, 0.2) is 5.82 Å². The van der Waals surface area contributed by atoms with E-state index in [4.69, 9.17) is 0 Å². The fourth-order valence-electron chi connectivity index (χ4n) is 3.44. The van der Waals surface area contributed by atoms with Crippen LogP contribution in [0.5, 0.6) is 0 Å². The van der Waals surface area contributed by atoms with Crippen molar-refractivity contribution in [3.8, 4) is 0 Å². The zero-order valence-electron chi connectivity index (χ0n) is 11.8. The number of nitrogens with one attached hydrogen (secondary N) is 1. The Labute approximate surface area is 124 Å². The predicted octanol–water partition coefficient (Wildman–Crippen LogP) is 1.37. The molecule has 7 heteroatoms. The van der Waals surface area contributed by atoms with Crippen LogP contribution >= 0.6 is 0 Å². The summed E-state index contributed by atoms with van der Waals surface area (Å²) >= 11 is 0. The molecule has 3 heterocycles. The predicted molar refractivity (Wildman–Crippen MR) is 76.7 cm³/mol. The van der Waals surface area contributed by atoms with E-state index >= 15 is 0 Å². The monoisotopic (exact) mass is 313 g/mol. The summed E-state index contributed by atoms with van der Waals surface area (Å²) in [6, 6.07) is 2.54. The molecule has 21 heavy (non-hydrogen) atoms. The number of hydrogen-bond acceptors (Lipinski definition) is 4. The smallest absolute Gasteiger partial charge is 0.263 e. The number of pyridine rings is 1. The van der Waals surface area contributed by atoms with Gasteiger partial charge in [-0.05, 0) is 56.8 Å². The Hall–Kier alpha value is -1.05. The third-order valence-electron chi connectivity index (χ3n) is 4.45. The molecule has 0 bridgehead atoms. The number of nitrogens with zero attached hydrogens (tertiary/aromatic N) is 2. The van der Waals surface area contributed by atoms with Crippen LogP contribution in [0.3, 0.4) is 0 Å². The van der Waals surface area contributed by atoms with E-state index in [-0.39, 0.29) is 6.04 Å². The Morgan fingerprint density at radius 1 is 1.29 bits per heavy atom. The number of halogens is 1. The summed E-state index contributed by atoms with van der Waals surface area (Å²) in [6.45, 7) is 2.31. The Balaban J connectivity index is 1.89. The second-order valence-corrected chi connectivity index (χ2v) is 7.51. The van der Waals surface area contributed by atoms with E-state index in [0.717, 1.165) is 44.8 Å². The van der Waals surface area contributed by atoms with E-state index in [0.29, 0.717) is 12.5 Å². The molecule has 1 N–H and O–H groups in total. The van der Waals surface area contributed by atoms with Gasteiger partial charge in [0.25, 0.3) is 10.0 Å². The number of sulfonamides is 1. The zero-order chi connectivity index (χ0) is 14.9. The van der Waals surface area contributed by atoms with Crippen molar-refractivity contribution in [2.24, 2.45) is 5.92 Å². The molecule has 116 valence electrons. The first-order valence-corrected chi connectivity index (χ1v) is 8.88. The van der Waals surface area contributed by atoms with E-state index in [2.05, 4.69) is 10.3 Å². The highest BCUT2D eigenvalue weighted by Gasteiger charge is 2.41. The molecule has 1 aromatic rings. The number of aromatic nitrogens is 1. The first-order valence-electron chi connectivity index (χ1n) is 7.44. The molecule has 2 fully saturated rings. The molecule has 2 aliphatic heterocycles. The van der Waals surface area contributed by atoms with Crippen molar-refractivity contribution in [1.29, 1.82) is 0 Å². The second kappa shape index (κ2) is 5.98. The van der Waals surface area contributed by atoms with Crippen molar-refractivity contribution in [1.82, 2.24) is 14.6 Å². The largest absolute Gasteiger partial charge is 0.317 e. The molecule has 0 radical (unpaired) electrons. The van der Waals surface area contributed by atoms with Crippen LogP contribution in [0.15, 0.2) is 23.4 Å². The molecule has 2 aliphatic rings. The standard InChI is InChI=1S/C14H20FN3O2S/c15-12-3-1-7-17-14(12)21(19,20)18-10-2-4-13(18)11-5-8-16-9-6-11/h1,3,7,11,13,16H,2,4-6,8-10H2. The minimum absolute atomic E-state index is 0.0153. The van der Waals surface area contributed by atoms with Gasteiger partial charge in [0.2, 0.25) is 5.03 Å². The minimum Gasteiger partial charge on any atom is -0.317 e. The van der Waals surface area contributed by atoms with Crippen molar-refractivity contribution >= 4 is 10.0 Å². The average Bonchev–Trinajstić information content (AvgIpc) is 2.99. The van der Waals surface area contributed by atoms with E-state index in [1.807, 2.05) is 0 Å². The highest BCUT2D eigenvalue weighted by atomic mass is 32.2. The Kier molecular flexibility index (Phi) is 4.24. The summed E-state index contributed by atoms with van der Waals surface area (Å²) in [6.07, 6.45) is 4.97. The zero-order valence-corrected chi connectivity index (χ0v) is 12.7. The van der Waals surface area contributed by atoms with E-state index in [9.17, 15) is 12.8 Å². The summed E-state index contributed by atoms with van der Waals surface area (Å²) in [5.74, 6) is -0.413. The van der Waals surface area contributed by atoms with Crippen molar-refractivity contribution in [3.05, 3.63) is 24.1 Å². The highest BCUT2D eigenvalue weighted by Crippen LogP contribution is 2.33. The summed E-state index contributed by atoms with van der Waals surface area (Å²) in [7, 11) is -3.84. The van der Waals surface area contributed by atoms with Gasteiger partial charge in [0, 0.05) is 18.8 Å². The molecular formula is C14H20FN3O2S. The van der Waals surface area contributed by atoms with Crippen LogP contribution in [0.1, 0.15) is 25.7 Å². The Morgan fingerprint density at radius 2 is 2.05 bits per heavy atom. The molecule has 1 unspecified atom stereocenters. The maximum atomic E-state index is 13.8. The lowest BCUT2D eigenvalue weighted by Crippen LogP contribution is -2.44. The fraction of sp³-hybridized carbons (Fsp3) is 0.643. The highest BCUT2D eigenvalue weighted by molar-refractivity contribution is 7.89. The Morgan fingerprint density at radius 3 is 2.76 bits per heavy atom. The molecule has 0 saturated carbocycles. The summed E-state index contributed by atoms with van der Waals surface area (Å²) in [5.41, 5.74) is 0. The SMILES string of the molecule is O=S(=O)(c1ncccc1F)N1CCCC1C1CCNCC1. The molecule has 0 amide bonds. The van der Waals surface area contributed by atoms with E-state index in [1.165, 1.54) is 16.6 Å². The maximum Gasteiger partial charge on any atom is 0.263 e. The normalized spacial score (nSPS) is 25.3. The van der Waals surface area contributed by atoms with E-state index in [1.54, 1.807) is 0 Å². The Bertz CT molecular complexity index is 602. The lowest BCUT2D eigenvalue weighted by Gasteiger charge is -2.33. The molecule has 1 atom stereocenters. The van der Waals surface area contributed by atoms with Gasteiger partial charge in [-0.3, -0.25) is 0 Å². The van der Waals surface area contributed by atoms with Crippen molar-refractivity contribution in [3.63, 3.8) is 0 Å². The quantitative estimate of drug-likeness (QED) is 0.915. The van der Waals surface area contributed by atoms with Crippen molar-refractivity contribution in [2.75, 3.05) is 19.6 Å². The summed E-state index contributed by atoms with van der Waals surface area (Å²) in [4.78, 5) is 3.76. The fourth-order valence-corrected chi connectivity index (χ4v) is 5.17. The molecule has 5 nitrogen and oxygen atoms in total. The molecule has 0 spiro atoms. The molecule has 3 rings (SSSR count). The van der Waals surface area contributed by atoms with Crippen molar-refractivity contribution in [2.45, 2.75) is 36.8 Å². The van der Waals surface area contributed by atoms with E-state index < -0.39 is 20.9 Å². The van der Waals surface area contributed by atoms with Crippen LogP contribution in [-0.4, -0.2) is 43.4 Å². The third-order valence-corrected chi connectivity index (χ3v) is 6.31. The molecule has 2 saturated heterocycles. The topological polar surface area (TPSA) is 62.3 Å². The van der Waals surface area contributed by atoms with Crippen LogP contribution < -0.4 is 5.32 Å². The first-order chi connectivity index (χ1) is 10.1. The van der Waals surface area contributed by atoms with Gasteiger partial charge >= 0.3 is 0 Å². The summed E-state index contributed by atoms with van der Waals surface area (Å²) < 4.78 is 40.7. The lowest BCUT2D eigenvalue weighted by molar-refractivity contribution is 0.234. The molecule has 0 aromatic carbocycles. The first kappa shape index (κ1) is 14.9. The average molecular weight is 313 g/mol. The number of hydrogen-bond donors (Lipinski definition) is 1. The van der Waals surface area contributed by atoms with Crippen LogP contribution in [0.25, 0.3) is 0 Å². The van der Waals surface area contributed by atoms with Gasteiger partial charge in [-0.1, -0.05) is 0 Å². The lowest BCUT2D eigenvalue weighted by atomic mass is 9.89. The number of piperidine rings is 1. The summed E-state index contributed by atoms with van der Waals surface area (Å²) in [5, 5.41) is 2.85. The van der Waals surface area contributed by atoms with Crippen molar-refractivity contribution < 1.29 is 12.8 Å². The van der Waals surface area contributed by atoms with Crippen LogP contribution in [0.2, 0.25) is 0 Å². The molecule has 0 aliphatic carbocycles. The van der Waals surface area contributed by atoms with Crippen LogP contribution in [-0.2, 0) is 10.0 Å². The maximum absolute atomic E-state index is 13.8. The molecular weight excluding hydrogens is 293 g/mol. The second-order valence-electron chi connectivity index (χ2n) is 5.70. The van der Waals surface area contributed by atoms with Gasteiger partial charge < -0.3 is 5.32 Å². The van der Waals surface area contributed by atoms with Gasteiger partial charge in [-0.15, -0.1) is 0 Å². The van der Waals surface area contributed by atoms with Gasteiger partial charge in [0.1, 0.15) is 0 Å². The number of rotatable bonds is 3. The minimum atomic E-state index is -3.84. The van der Waals surface area contributed by atoms with Crippen LogP contribution in [0, 0.1) is 11.7 Å². The third kappa shape index (κ3) is 2.82.